The summed E-state index contributed by atoms with van der Waals surface area (Å²) in [6.45, 7) is 1.67. The maximum atomic E-state index is 12.2. The van der Waals surface area contributed by atoms with Gasteiger partial charge in [0.15, 0.2) is 0 Å². The zero-order valence-electron chi connectivity index (χ0n) is 6.40. The minimum Gasteiger partial charge on any atom is -0.390 e. The fourth-order valence-electron chi connectivity index (χ4n) is 0.440. The molecule has 0 bridgehead atoms. The lowest BCUT2D eigenvalue weighted by atomic mass is 10.3. The first-order valence-corrected chi connectivity index (χ1v) is 3.20. The van der Waals surface area contributed by atoms with E-state index in [0.29, 0.717) is 0 Å². The zero-order valence-corrected chi connectivity index (χ0v) is 6.40. The van der Waals surface area contributed by atoms with Gasteiger partial charge in [-0.05, 0) is 13.8 Å². The third-order valence-electron chi connectivity index (χ3n) is 0.951. The van der Waals surface area contributed by atoms with Crippen LogP contribution in [0.25, 0.3) is 0 Å². The van der Waals surface area contributed by atoms with Crippen LogP contribution in [0.2, 0.25) is 0 Å². The van der Waals surface area contributed by atoms with Gasteiger partial charge in [0.1, 0.15) is 6.61 Å². The van der Waals surface area contributed by atoms with Crippen molar-refractivity contribution in [2.75, 3.05) is 6.61 Å². The van der Waals surface area contributed by atoms with Gasteiger partial charge in [-0.2, -0.15) is 8.78 Å². The molecule has 0 fully saturated rings. The second-order valence-corrected chi connectivity index (χ2v) is 2.49. The highest BCUT2D eigenvalue weighted by molar-refractivity contribution is 5.83. The average molecular weight is 167 g/mol. The first kappa shape index (κ1) is 10.3. The van der Waals surface area contributed by atoms with Gasteiger partial charge in [0.2, 0.25) is 0 Å². The van der Waals surface area contributed by atoms with E-state index in [9.17, 15) is 13.6 Å². The van der Waals surface area contributed by atoms with E-state index in [1.165, 1.54) is 0 Å². The molecule has 11 heavy (non-hydrogen) atoms. The van der Waals surface area contributed by atoms with Gasteiger partial charge in [-0.25, -0.2) is 0 Å². The average Bonchev–Trinajstić information content (AvgIpc) is 1.86. The van der Waals surface area contributed by atoms with Crippen molar-refractivity contribution in [3.8, 4) is 0 Å². The number of rotatable bonds is 3. The summed E-state index contributed by atoms with van der Waals surface area (Å²) in [5, 5.41) is 10.1. The van der Waals surface area contributed by atoms with Gasteiger partial charge < -0.3 is 10.4 Å². The minimum absolute atomic E-state index is 0.347. The van der Waals surface area contributed by atoms with Crippen LogP contribution in [0.15, 0.2) is 0 Å². The zero-order chi connectivity index (χ0) is 9.07. The normalized spacial score (nSPS) is 11.8. The fraction of sp³-hybridized carbons (Fsp3) is 0.833. The van der Waals surface area contributed by atoms with E-state index in [1.54, 1.807) is 13.8 Å². The topological polar surface area (TPSA) is 49.3 Å². The van der Waals surface area contributed by atoms with Crippen LogP contribution < -0.4 is 5.32 Å². The number of alkyl halides is 2. The summed E-state index contributed by atoms with van der Waals surface area (Å²) in [5.41, 5.74) is 0. The Hall–Kier alpha value is -0.710. The molecule has 0 aromatic carbocycles. The van der Waals surface area contributed by atoms with Crippen LogP contribution in [-0.2, 0) is 4.79 Å². The summed E-state index contributed by atoms with van der Waals surface area (Å²) in [6, 6.07) is -0.347. The van der Waals surface area contributed by atoms with E-state index >= 15 is 0 Å². The Morgan fingerprint density at radius 2 is 2.09 bits per heavy atom. The van der Waals surface area contributed by atoms with Gasteiger partial charge in [0.05, 0.1) is 0 Å². The molecule has 0 aliphatic carbocycles. The molecular weight excluding hydrogens is 156 g/mol. The number of hydrogen-bond acceptors (Lipinski definition) is 2. The summed E-state index contributed by atoms with van der Waals surface area (Å²) in [7, 11) is 0. The summed E-state index contributed by atoms with van der Waals surface area (Å²) >= 11 is 0. The number of carbonyl (C=O) groups is 1. The summed E-state index contributed by atoms with van der Waals surface area (Å²) < 4.78 is 24.5. The molecule has 3 nitrogen and oxygen atoms in total. The van der Waals surface area contributed by atoms with Gasteiger partial charge >= 0.3 is 5.92 Å². The van der Waals surface area contributed by atoms with Crippen LogP contribution in [0, 0.1) is 0 Å². The molecular formula is C6H11F2NO2. The Labute approximate surface area is 63.4 Å². The van der Waals surface area contributed by atoms with Crippen LogP contribution in [-0.4, -0.2) is 29.6 Å². The third-order valence-corrected chi connectivity index (χ3v) is 0.951. The number of aliphatic hydroxyl groups is 1. The van der Waals surface area contributed by atoms with Crippen molar-refractivity contribution in [1.82, 2.24) is 5.32 Å². The second kappa shape index (κ2) is 3.61. The van der Waals surface area contributed by atoms with Crippen molar-refractivity contribution in [1.29, 1.82) is 0 Å². The lowest BCUT2D eigenvalue weighted by Crippen LogP contribution is -2.45. The van der Waals surface area contributed by atoms with E-state index in [4.69, 9.17) is 5.11 Å². The van der Waals surface area contributed by atoms with Crippen LogP contribution in [0.4, 0.5) is 8.78 Å². The van der Waals surface area contributed by atoms with Crippen LogP contribution in [0.1, 0.15) is 13.8 Å². The van der Waals surface area contributed by atoms with Crippen molar-refractivity contribution >= 4 is 5.91 Å². The summed E-state index contributed by atoms with van der Waals surface area (Å²) in [4.78, 5) is 10.5. The number of nitrogens with one attached hydrogen (secondary N) is 1. The van der Waals surface area contributed by atoms with Crippen LogP contribution >= 0.6 is 0 Å². The highest BCUT2D eigenvalue weighted by atomic mass is 19.3. The molecule has 0 aromatic heterocycles. The highest BCUT2D eigenvalue weighted by Gasteiger charge is 2.37. The molecule has 0 saturated carbocycles. The van der Waals surface area contributed by atoms with E-state index in [-0.39, 0.29) is 6.04 Å². The van der Waals surface area contributed by atoms with Crippen molar-refractivity contribution in [3.05, 3.63) is 0 Å². The third kappa shape index (κ3) is 3.27. The molecule has 0 aliphatic heterocycles. The first-order chi connectivity index (χ1) is 4.90. The first-order valence-electron chi connectivity index (χ1n) is 3.20. The summed E-state index contributed by atoms with van der Waals surface area (Å²) in [6.07, 6.45) is 0. The predicted molar refractivity (Wildman–Crippen MR) is 35.3 cm³/mol. The molecule has 0 heterocycles. The van der Waals surface area contributed by atoms with Gasteiger partial charge in [0, 0.05) is 6.04 Å². The van der Waals surface area contributed by atoms with E-state index in [0.717, 1.165) is 0 Å². The lowest BCUT2D eigenvalue weighted by molar-refractivity contribution is -0.151. The lowest BCUT2D eigenvalue weighted by Gasteiger charge is -2.14. The SMILES string of the molecule is CC(C)NC(=O)C(F)(F)CO. The molecule has 0 saturated heterocycles. The maximum Gasteiger partial charge on any atom is 0.346 e. The largest absolute Gasteiger partial charge is 0.390 e. The molecule has 66 valence electrons. The molecule has 0 unspecified atom stereocenters. The molecule has 0 spiro atoms. The molecule has 0 aliphatic rings. The molecule has 0 aromatic rings. The molecule has 0 atom stereocenters. The van der Waals surface area contributed by atoms with Gasteiger partial charge in [-0.1, -0.05) is 0 Å². The number of halogens is 2. The second-order valence-electron chi connectivity index (χ2n) is 2.49. The number of aliphatic hydroxyl groups excluding tert-OH is 1. The molecule has 5 heteroatoms. The Bertz CT molecular complexity index is 148. The van der Waals surface area contributed by atoms with Crippen molar-refractivity contribution in [3.63, 3.8) is 0 Å². The van der Waals surface area contributed by atoms with Gasteiger partial charge in [-0.15, -0.1) is 0 Å². The number of carbonyl (C=O) groups excluding carboxylic acids is 1. The Kier molecular flexibility index (Phi) is 3.38. The van der Waals surface area contributed by atoms with Crippen LogP contribution in [0.3, 0.4) is 0 Å². The number of hydrogen-bond donors (Lipinski definition) is 2. The van der Waals surface area contributed by atoms with E-state index in [2.05, 4.69) is 0 Å². The Morgan fingerprint density at radius 1 is 1.64 bits per heavy atom. The van der Waals surface area contributed by atoms with Gasteiger partial charge in [-0.3, -0.25) is 4.79 Å². The van der Waals surface area contributed by atoms with Crippen molar-refractivity contribution < 1.29 is 18.7 Å². The predicted octanol–water partition coefficient (Wildman–Crippen LogP) is 0.139. The smallest absolute Gasteiger partial charge is 0.346 e. The van der Waals surface area contributed by atoms with Crippen LogP contribution in [0.5, 0.6) is 0 Å². The maximum absolute atomic E-state index is 12.2. The van der Waals surface area contributed by atoms with E-state index < -0.39 is 18.4 Å². The quantitative estimate of drug-likeness (QED) is 0.628. The minimum atomic E-state index is -3.66. The molecule has 0 rings (SSSR count). The molecule has 2 N–H and O–H groups in total. The van der Waals surface area contributed by atoms with Crippen molar-refractivity contribution in [2.24, 2.45) is 0 Å². The Balaban J connectivity index is 4.02. The molecule has 0 radical (unpaired) electrons. The fourth-order valence-corrected chi connectivity index (χ4v) is 0.440. The van der Waals surface area contributed by atoms with E-state index in [1.807, 2.05) is 5.32 Å². The van der Waals surface area contributed by atoms with Crippen molar-refractivity contribution in [2.45, 2.75) is 25.8 Å². The monoisotopic (exact) mass is 167 g/mol. The van der Waals surface area contributed by atoms with Gasteiger partial charge in [0.25, 0.3) is 5.91 Å². The molecule has 1 amide bonds. The Morgan fingerprint density at radius 3 is 2.36 bits per heavy atom. The highest BCUT2D eigenvalue weighted by Crippen LogP contribution is 2.11. The number of amides is 1. The summed E-state index contributed by atoms with van der Waals surface area (Å²) in [5.74, 6) is -5.10. The standard InChI is InChI=1S/C6H11F2NO2/c1-4(2)9-5(11)6(7,8)3-10/h4,10H,3H2,1-2H3,(H,9,11).